The molecule has 0 spiro atoms. The summed E-state index contributed by atoms with van der Waals surface area (Å²) in [4.78, 5) is 12.4. The number of nitrogens with zero attached hydrogens (tertiary/aromatic N) is 3. The summed E-state index contributed by atoms with van der Waals surface area (Å²) in [6.07, 6.45) is 3.70. The van der Waals surface area contributed by atoms with E-state index in [9.17, 15) is 4.79 Å². The summed E-state index contributed by atoms with van der Waals surface area (Å²) in [5.41, 5.74) is 3.43. The van der Waals surface area contributed by atoms with E-state index in [-0.39, 0.29) is 10.7 Å². The maximum Gasteiger partial charge on any atom is 0.196 e. The molecule has 1 aliphatic rings. The van der Waals surface area contributed by atoms with Crippen molar-refractivity contribution in [1.29, 1.82) is 0 Å². The van der Waals surface area contributed by atoms with E-state index in [2.05, 4.69) is 71.9 Å². The van der Waals surface area contributed by atoms with Gasteiger partial charge < -0.3 is 0 Å². The number of Topliss-reactive ketones (excluding diaryl/α,β-unsaturated/α-hetero) is 1. The van der Waals surface area contributed by atoms with Gasteiger partial charge in [-0.2, -0.15) is 0 Å². The Bertz CT molecular complexity index is 987. The maximum absolute atomic E-state index is 12.4. The average molecular weight is 406 g/mol. The van der Waals surface area contributed by atoms with E-state index in [1.165, 1.54) is 5.56 Å². The molecule has 0 N–H and O–H groups in total. The molecule has 0 aliphatic heterocycles. The van der Waals surface area contributed by atoms with E-state index >= 15 is 0 Å². The molecule has 0 saturated heterocycles. The molecule has 1 saturated carbocycles. The molecule has 0 unspecified atom stereocenters. The molecule has 2 aromatic carbocycles. The van der Waals surface area contributed by atoms with Gasteiger partial charge in [0.2, 0.25) is 0 Å². The summed E-state index contributed by atoms with van der Waals surface area (Å²) >= 11 is 1.56. The van der Waals surface area contributed by atoms with E-state index in [1.807, 2.05) is 18.2 Å². The van der Waals surface area contributed by atoms with Gasteiger partial charge >= 0.3 is 0 Å². The van der Waals surface area contributed by atoms with Crippen molar-refractivity contribution in [3.8, 4) is 17.1 Å². The Morgan fingerprint density at radius 1 is 0.966 bits per heavy atom. The standard InChI is InChI=1S/C24H27N3OS/c1-24(2,3)18-15-13-17(14-16-18)22-25-26-23(27(22)19-9-5-4-6-10-19)29-21-12-8-7-11-20(21)28/h4-6,9-10,13-16,21H,7-8,11-12H2,1-3H3/t21-/m1/s1. The largest absolute Gasteiger partial charge is 0.298 e. The Labute approximate surface area is 176 Å². The monoisotopic (exact) mass is 405 g/mol. The topological polar surface area (TPSA) is 47.8 Å². The normalized spacial score (nSPS) is 17.5. The summed E-state index contributed by atoms with van der Waals surface area (Å²) < 4.78 is 2.08. The van der Waals surface area contributed by atoms with Gasteiger partial charge in [-0.05, 0) is 36.0 Å². The van der Waals surface area contributed by atoms with Crippen LogP contribution in [0.5, 0.6) is 0 Å². The van der Waals surface area contributed by atoms with Crippen LogP contribution in [-0.4, -0.2) is 25.8 Å². The minimum atomic E-state index is -0.0217. The average Bonchev–Trinajstić information content (AvgIpc) is 3.13. The highest BCUT2D eigenvalue weighted by Gasteiger charge is 2.27. The lowest BCUT2D eigenvalue weighted by molar-refractivity contribution is -0.119. The predicted octanol–water partition coefficient (Wildman–Crippen LogP) is 5.84. The van der Waals surface area contributed by atoms with Crippen molar-refractivity contribution in [2.45, 2.75) is 62.3 Å². The minimum Gasteiger partial charge on any atom is -0.298 e. The van der Waals surface area contributed by atoms with Gasteiger partial charge in [-0.15, -0.1) is 10.2 Å². The number of para-hydroxylation sites is 1. The molecule has 1 fully saturated rings. The molecule has 29 heavy (non-hydrogen) atoms. The summed E-state index contributed by atoms with van der Waals surface area (Å²) in [5, 5.41) is 9.78. The summed E-state index contributed by atoms with van der Waals surface area (Å²) in [5.74, 6) is 1.14. The first-order chi connectivity index (χ1) is 13.9. The first kappa shape index (κ1) is 19.9. The quantitative estimate of drug-likeness (QED) is 0.547. The number of carbonyl (C=O) groups is 1. The molecule has 1 aromatic heterocycles. The fourth-order valence-corrected chi connectivity index (χ4v) is 4.84. The molecular formula is C24H27N3OS. The predicted molar refractivity (Wildman–Crippen MR) is 119 cm³/mol. The number of ketones is 1. The first-order valence-corrected chi connectivity index (χ1v) is 11.1. The zero-order chi connectivity index (χ0) is 20.4. The van der Waals surface area contributed by atoms with Crippen LogP contribution in [0.4, 0.5) is 0 Å². The zero-order valence-electron chi connectivity index (χ0n) is 17.3. The molecule has 5 heteroatoms. The van der Waals surface area contributed by atoms with Gasteiger partial charge in [0.25, 0.3) is 0 Å². The lowest BCUT2D eigenvalue weighted by Crippen LogP contribution is -2.21. The molecular weight excluding hydrogens is 378 g/mol. The smallest absolute Gasteiger partial charge is 0.196 e. The highest BCUT2D eigenvalue weighted by atomic mass is 32.2. The highest BCUT2D eigenvalue weighted by Crippen LogP contribution is 2.35. The highest BCUT2D eigenvalue weighted by molar-refractivity contribution is 8.00. The molecule has 0 amide bonds. The second-order valence-corrected chi connectivity index (χ2v) is 9.79. The van der Waals surface area contributed by atoms with Gasteiger partial charge in [-0.25, -0.2) is 0 Å². The SMILES string of the molecule is CC(C)(C)c1ccc(-c2nnc(S[C@@H]3CCCCC3=O)n2-c2ccccc2)cc1. The van der Waals surface area contributed by atoms with Crippen LogP contribution in [0.1, 0.15) is 52.0 Å². The third-order valence-electron chi connectivity index (χ3n) is 5.40. The number of hydrogen-bond acceptors (Lipinski definition) is 4. The van der Waals surface area contributed by atoms with Crippen LogP contribution in [0.2, 0.25) is 0 Å². The maximum atomic E-state index is 12.4. The summed E-state index contributed by atoms with van der Waals surface area (Å²) in [6.45, 7) is 6.64. The molecule has 0 radical (unpaired) electrons. The van der Waals surface area contributed by atoms with Crippen LogP contribution in [0.25, 0.3) is 17.1 Å². The van der Waals surface area contributed by atoms with Crippen LogP contribution in [0.15, 0.2) is 59.8 Å². The van der Waals surface area contributed by atoms with Crippen molar-refractivity contribution in [2.75, 3.05) is 0 Å². The molecule has 1 aliphatic carbocycles. The van der Waals surface area contributed by atoms with Crippen molar-refractivity contribution in [3.05, 3.63) is 60.2 Å². The van der Waals surface area contributed by atoms with Gasteiger partial charge in [0.15, 0.2) is 11.0 Å². The number of aromatic nitrogens is 3. The van der Waals surface area contributed by atoms with Crippen LogP contribution >= 0.6 is 11.8 Å². The van der Waals surface area contributed by atoms with Gasteiger partial charge in [-0.3, -0.25) is 9.36 Å². The second-order valence-electron chi connectivity index (χ2n) is 8.62. The van der Waals surface area contributed by atoms with Crippen LogP contribution in [-0.2, 0) is 10.2 Å². The van der Waals surface area contributed by atoms with Gasteiger partial charge in [0, 0.05) is 17.7 Å². The van der Waals surface area contributed by atoms with Crippen molar-refractivity contribution >= 4 is 17.5 Å². The van der Waals surface area contributed by atoms with E-state index in [0.717, 1.165) is 41.5 Å². The Morgan fingerprint density at radius 2 is 1.69 bits per heavy atom. The van der Waals surface area contributed by atoms with Crippen molar-refractivity contribution in [2.24, 2.45) is 0 Å². The Hall–Kier alpha value is -2.40. The Morgan fingerprint density at radius 3 is 2.34 bits per heavy atom. The number of hydrogen-bond donors (Lipinski definition) is 0. The number of carbonyl (C=O) groups excluding carboxylic acids is 1. The second kappa shape index (κ2) is 8.15. The van der Waals surface area contributed by atoms with Crippen molar-refractivity contribution in [3.63, 3.8) is 0 Å². The van der Waals surface area contributed by atoms with Crippen LogP contribution in [0, 0.1) is 0 Å². The van der Waals surface area contributed by atoms with Gasteiger partial charge in [-0.1, -0.05) is 81.4 Å². The van der Waals surface area contributed by atoms with E-state index in [1.54, 1.807) is 11.8 Å². The molecule has 1 atom stereocenters. The Balaban J connectivity index is 1.74. The third kappa shape index (κ3) is 4.30. The van der Waals surface area contributed by atoms with E-state index in [4.69, 9.17) is 0 Å². The first-order valence-electron chi connectivity index (χ1n) is 10.2. The summed E-state index contributed by atoms with van der Waals surface area (Å²) in [6, 6.07) is 18.7. The van der Waals surface area contributed by atoms with E-state index in [0.29, 0.717) is 12.2 Å². The number of thioether (sulfide) groups is 1. The fraction of sp³-hybridized carbons (Fsp3) is 0.375. The van der Waals surface area contributed by atoms with E-state index < -0.39 is 0 Å². The van der Waals surface area contributed by atoms with Gasteiger partial charge in [0.05, 0.1) is 5.25 Å². The lowest BCUT2D eigenvalue weighted by Gasteiger charge is -2.20. The zero-order valence-corrected chi connectivity index (χ0v) is 18.1. The number of rotatable bonds is 4. The van der Waals surface area contributed by atoms with Crippen LogP contribution < -0.4 is 0 Å². The summed E-state index contributed by atoms with van der Waals surface area (Å²) in [7, 11) is 0. The molecule has 0 bridgehead atoms. The van der Waals surface area contributed by atoms with Crippen molar-refractivity contribution in [1.82, 2.24) is 14.8 Å². The van der Waals surface area contributed by atoms with Crippen LogP contribution in [0.3, 0.4) is 0 Å². The molecule has 150 valence electrons. The fourth-order valence-electron chi connectivity index (χ4n) is 3.67. The van der Waals surface area contributed by atoms with Crippen molar-refractivity contribution < 1.29 is 4.79 Å². The molecule has 4 nitrogen and oxygen atoms in total. The molecule has 4 rings (SSSR count). The minimum absolute atomic E-state index is 0.0217. The third-order valence-corrected chi connectivity index (χ3v) is 6.66. The molecule has 1 heterocycles. The van der Waals surface area contributed by atoms with Gasteiger partial charge in [0.1, 0.15) is 5.78 Å². The lowest BCUT2D eigenvalue weighted by atomic mass is 9.87. The Kier molecular flexibility index (Phi) is 5.59. The molecule has 3 aromatic rings. The number of benzene rings is 2.